The van der Waals surface area contributed by atoms with Crippen LogP contribution in [0.1, 0.15) is 131 Å². The van der Waals surface area contributed by atoms with Crippen LogP contribution in [0, 0.1) is 6.92 Å². The van der Waals surface area contributed by atoms with Gasteiger partial charge in [0.2, 0.25) is 17.7 Å². The Kier molecular flexibility index (Phi) is 20.1. The van der Waals surface area contributed by atoms with E-state index in [0.717, 1.165) is 72.4 Å². The number of aryl methyl sites for hydroxylation is 1. The molecule has 5 N–H and O–H groups in total. The molecule has 0 bridgehead atoms. The van der Waals surface area contributed by atoms with Crippen molar-refractivity contribution in [1.29, 1.82) is 0 Å². The van der Waals surface area contributed by atoms with Gasteiger partial charge in [-0.1, -0.05) is 49.9 Å². The third-order valence-electron chi connectivity index (χ3n) is 9.75. The fourth-order valence-electron chi connectivity index (χ4n) is 6.67. The van der Waals surface area contributed by atoms with Crippen molar-refractivity contribution in [2.75, 3.05) is 25.4 Å². The van der Waals surface area contributed by atoms with Crippen LogP contribution in [0.5, 0.6) is 0 Å². The van der Waals surface area contributed by atoms with E-state index in [1.165, 1.54) is 4.90 Å². The number of β-amino-alcohol motifs (C(OH)–C–C–N with tert-alkyl or cyclic N) is 1. The molecule has 5 amide bonds. The van der Waals surface area contributed by atoms with Crippen molar-refractivity contribution in [1.82, 2.24) is 31.2 Å². The number of unbranched alkanes of at least 4 members (excludes halogenated alkanes) is 6. The average Bonchev–Trinajstić information content (AvgIpc) is 3.77. The van der Waals surface area contributed by atoms with Crippen molar-refractivity contribution in [3.05, 3.63) is 41.0 Å². The maximum absolute atomic E-state index is 14.5. The normalized spacial score (nSPS) is 16.2. The summed E-state index contributed by atoms with van der Waals surface area (Å²) in [6.45, 7) is 18.0. The molecule has 2 aromatic rings. The van der Waals surface area contributed by atoms with Crippen LogP contribution in [0.3, 0.4) is 0 Å². The SMILES string of the molecule is Cc1ncsc1-c1ccc(CNC(=O)[C@@H]2C[C@@H](O)CN2C(=O)[C@@H](NC(=O)CCCCCCNC(=O)OC(C)(C)C)C(C)(C)SCCCCCCNC(=O)OC(C)(C)C)cc1. The first-order chi connectivity index (χ1) is 28.1. The number of hydrogen-bond acceptors (Lipinski definition) is 11. The second kappa shape index (κ2) is 23.9. The summed E-state index contributed by atoms with van der Waals surface area (Å²) >= 11 is 3.16. The predicted molar refractivity (Wildman–Crippen MR) is 239 cm³/mol. The highest BCUT2D eigenvalue weighted by atomic mass is 32.2. The first kappa shape index (κ1) is 50.5. The smallest absolute Gasteiger partial charge is 0.407 e. The molecule has 2 heterocycles. The fourth-order valence-corrected chi connectivity index (χ4v) is 8.68. The van der Waals surface area contributed by atoms with Crippen molar-refractivity contribution in [3.8, 4) is 10.4 Å². The summed E-state index contributed by atoms with van der Waals surface area (Å²) in [6.07, 6.45) is 4.98. The third kappa shape index (κ3) is 18.4. The number of likely N-dealkylation sites (tertiary alicyclic amines) is 1. The lowest BCUT2D eigenvalue weighted by molar-refractivity contribution is -0.142. The van der Waals surface area contributed by atoms with E-state index in [1.54, 1.807) is 23.1 Å². The first-order valence-corrected chi connectivity index (χ1v) is 23.1. The molecule has 1 aromatic carbocycles. The molecule has 3 rings (SSSR count). The Bertz CT molecular complexity index is 1690. The Hall–Kier alpha value is -3.89. The van der Waals surface area contributed by atoms with E-state index >= 15 is 0 Å². The molecule has 1 aliphatic heterocycles. The van der Waals surface area contributed by atoms with Gasteiger partial charge in [0.05, 0.1) is 22.2 Å². The van der Waals surface area contributed by atoms with Gasteiger partial charge < -0.3 is 40.7 Å². The van der Waals surface area contributed by atoms with Gasteiger partial charge in [-0.15, -0.1) is 11.3 Å². The number of amides is 5. The number of aliphatic hydroxyl groups is 1. The van der Waals surface area contributed by atoms with Crippen molar-refractivity contribution < 1.29 is 38.6 Å². The van der Waals surface area contributed by atoms with Crippen LogP contribution in [0.2, 0.25) is 0 Å². The van der Waals surface area contributed by atoms with E-state index in [2.05, 4.69) is 26.3 Å². The number of hydrogen-bond donors (Lipinski definition) is 5. The largest absolute Gasteiger partial charge is 0.444 e. The number of ether oxygens (including phenoxy) is 2. The van der Waals surface area contributed by atoms with E-state index < -0.39 is 52.2 Å². The minimum Gasteiger partial charge on any atom is -0.444 e. The minimum absolute atomic E-state index is 0.0123. The molecule has 14 nitrogen and oxygen atoms in total. The summed E-state index contributed by atoms with van der Waals surface area (Å²) in [6, 6.07) is 6.06. The van der Waals surface area contributed by atoms with E-state index in [-0.39, 0.29) is 37.7 Å². The Morgan fingerprint density at radius 1 is 0.833 bits per heavy atom. The number of alkyl carbamates (subject to hydrolysis) is 2. The zero-order valence-corrected chi connectivity index (χ0v) is 38.9. The summed E-state index contributed by atoms with van der Waals surface area (Å²) in [5, 5.41) is 22.3. The molecule has 0 radical (unpaired) electrons. The van der Waals surface area contributed by atoms with Crippen molar-refractivity contribution in [3.63, 3.8) is 0 Å². The van der Waals surface area contributed by atoms with E-state index in [0.29, 0.717) is 19.5 Å². The number of carbonyl (C=O) groups excluding carboxylic acids is 5. The molecule has 0 spiro atoms. The summed E-state index contributed by atoms with van der Waals surface area (Å²) in [5.74, 6) is -0.287. The van der Waals surface area contributed by atoms with Crippen LogP contribution in [-0.2, 0) is 30.4 Å². The van der Waals surface area contributed by atoms with Crippen molar-refractivity contribution >= 4 is 53.0 Å². The summed E-state index contributed by atoms with van der Waals surface area (Å²) in [7, 11) is 0. The predicted octanol–water partition coefficient (Wildman–Crippen LogP) is 7.25. The van der Waals surface area contributed by atoms with Crippen LogP contribution in [0.25, 0.3) is 10.4 Å². The van der Waals surface area contributed by atoms with Gasteiger partial charge in [-0.3, -0.25) is 14.4 Å². The number of rotatable bonds is 22. The van der Waals surface area contributed by atoms with E-state index in [4.69, 9.17) is 9.47 Å². The molecular formula is C44H70N6O8S2. The fraction of sp³-hybridized carbons (Fsp3) is 0.682. The second-order valence-corrected chi connectivity index (χ2v) is 20.6. The van der Waals surface area contributed by atoms with E-state index in [1.807, 2.05) is 92.1 Å². The number of nitrogens with one attached hydrogen (secondary N) is 4. The number of nitrogens with zero attached hydrogens (tertiary/aromatic N) is 2. The number of thiazole rings is 1. The molecular weight excluding hydrogens is 805 g/mol. The highest BCUT2D eigenvalue weighted by molar-refractivity contribution is 8.00. The lowest BCUT2D eigenvalue weighted by atomic mass is 10.00. The maximum atomic E-state index is 14.5. The Morgan fingerprint density at radius 2 is 1.40 bits per heavy atom. The zero-order chi connectivity index (χ0) is 44.5. The number of carbonyl (C=O) groups is 5. The van der Waals surface area contributed by atoms with Crippen LogP contribution in [0.4, 0.5) is 9.59 Å². The molecule has 1 fully saturated rings. The van der Waals surface area contributed by atoms with Gasteiger partial charge >= 0.3 is 12.2 Å². The highest BCUT2D eigenvalue weighted by Crippen LogP contribution is 2.33. The topological polar surface area (TPSA) is 188 Å². The molecule has 16 heteroatoms. The summed E-state index contributed by atoms with van der Waals surface area (Å²) in [4.78, 5) is 72.3. The standard InChI is InChI=1S/C44H70N6O8S2/c1-30-36(59-29-48-30)32-21-19-31(20-22-32)27-47-38(53)34-26-33(51)28-50(34)39(54)37(49-35(52)18-14-10-11-15-23-45-40(55)57-42(2,3)4)44(8,9)60-25-17-13-12-16-24-46-41(56)58-43(5,6)7/h19-22,29,33-34,37,51H,10-18,23-28H2,1-9H3,(H,45,55)(H,46,56)(H,47,53)(H,49,52)/t33-,34+,37-/m1/s1. The highest BCUT2D eigenvalue weighted by Gasteiger charge is 2.46. The lowest BCUT2D eigenvalue weighted by Gasteiger charge is -2.37. The van der Waals surface area contributed by atoms with Gasteiger partial charge in [-0.05, 0) is 105 Å². The second-order valence-electron chi connectivity index (χ2n) is 18.0. The maximum Gasteiger partial charge on any atom is 0.407 e. The molecule has 0 unspecified atom stereocenters. The van der Waals surface area contributed by atoms with Gasteiger partial charge in [0.25, 0.3) is 0 Å². The average molecular weight is 875 g/mol. The molecule has 1 aliphatic rings. The van der Waals surface area contributed by atoms with Gasteiger partial charge in [0.15, 0.2) is 0 Å². The number of thioether (sulfide) groups is 1. The third-order valence-corrected chi connectivity index (χ3v) is 12.2. The molecule has 0 saturated carbocycles. The minimum atomic E-state index is -0.950. The molecule has 336 valence electrons. The lowest BCUT2D eigenvalue weighted by Crippen LogP contribution is -2.59. The summed E-state index contributed by atoms with van der Waals surface area (Å²) in [5.41, 5.74) is 3.61. The van der Waals surface area contributed by atoms with Crippen LogP contribution < -0.4 is 21.3 Å². The monoisotopic (exact) mass is 874 g/mol. The Morgan fingerprint density at radius 3 is 1.95 bits per heavy atom. The van der Waals surface area contributed by atoms with Gasteiger partial charge in [-0.25, -0.2) is 14.6 Å². The molecule has 1 aromatic heterocycles. The van der Waals surface area contributed by atoms with Crippen LogP contribution in [0.15, 0.2) is 29.8 Å². The zero-order valence-electron chi connectivity index (χ0n) is 37.2. The van der Waals surface area contributed by atoms with Crippen molar-refractivity contribution in [2.45, 2.75) is 167 Å². The number of aromatic nitrogens is 1. The van der Waals surface area contributed by atoms with Crippen LogP contribution in [-0.4, -0.2) is 104 Å². The molecule has 3 atom stereocenters. The van der Waals surface area contributed by atoms with Crippen molar-refractivity contribution in [2.24, 2.45) is 0 Å². The Balaban J connectivity index is 1.59. The van der Waals surface area contributed by atoms with Gasteiger partial charge in [0, 0.05) is 43.8 Å². The molecule has 1 saturated heterocycles. The van der Waals surface area contributed by atoms with Crippen LogP contribution >= 0.6 is 23.1 Å². The number of benzene rings is 1. The Labute approximate surface area is 365 Å². The van der Waals surface area contributed by atoms with Gasteiger partial charge in [-0.2, -0.15) is 11.8 Å². The quantitative estimate of drug-likeness (QED) is 0.0754. The first-order valence-electron chi connectivity index (χ1n) is 21.3. The molecule has 60 heavy (non-hydrogen) atoms. The van der Waals surface area contributed by atoms with Gasteiger partial charge in [0.1, 0.15) is 23.3 Å². The van der Waals surface area contributed by atoms with E-state index in [9.17, 15) is 29.1 Å². The molecule has 0 aliphatic carbocycles. The number of aliphatic hydroxyl groups excluding tert-OH is 1. The summed E-state index contributed by atoms with van der Waals surface area (Å²) < 4.78 is 9.82.